The number of amides is 2. The van der Waals surface area contributed by atoms with Crippen molar-refractivity contribution in [2.45, 2.75) is 43.9 Å². The first kappa shape index (κ1) is 19.2. The molecule has 4 aliphatic heterocycles. The van der Waals surface area contributed by atoms with Crippen molar-refractivity contribution >= 4 is 12.0 Å². The summed E-state index contributed by atoms with van der Waals surface area (Å²) in [6.45, 7) is 5.65. The lowest BCUT2D eigenvalue weighted by atomic mass is 9.83. The Bertz CT molecular complexity index is 893. The topological polar surface area (TPSA) is 71.6 Å². The molecule has 1 aromatic carbocycles. The lowest BCUT2D eigenvalue weighted by Gasteiger charge is -2.45. The average Bonchev–Trinajstić information content (AvgIpc) is 3.61. The second kappa shape index (κ2) is 7.29. The monoisotopic (exact) mass is 427 g/mol. The molecule has 1 aliphatic carbocycles. The summed E-state index contributed by atoms with van der Waals surface area (Å²) in [5, 5.41) is 0. The molecule has 1 unspecified atom stereocenters. The SMILES string of the molecule is O=C(C1CC1)N1CCC2(CC1)OC(=O)N1CCN(Cc3ccc4c(c3)OCCO4)CC12. The van der Waals surface area contributed by atoms with Crippen molar-refractivity contribution in [3.05, 3.63) is 23.8 Å². The van der Waals surface area contributed by atoms with E-state index in [-0.39, 0.29) is 18.1 Å². The second-order valence-electron chi connectivity index (χ2n) is 9.45. The van der Waals surface area contributed by atoms with Gasteiger partial charge in [-0.05, 0) is 30.5 Å². The van der Waals surface area contributed by atoms with Gasteiger partial charge in [0.2, 0.25) is 5.91 Å². The van der Waals surface area contributed by atoms with Crippen LogP contribution in [0.15, 0.2) is 18.2 Å². The molecular formula is C23H29N3O5. The van der Waals surface area contributed by atoms with E-state index in [9.17, 15) is 9.59 Å². The van der Waals surface area contributed by atoms with Crippen LogP contribution in [0.3, 0.4) is 0 Å². The van der Waals surface area contributed by atoms with Gasteiger partial charge in [0.25, 0.3) is 0 Å². The summed E-state index contributed by atoms with van der Waals surface area (Å²) < 4.78 is 17.4. The van der Waals surface area contributed by atoms with Gasteiger partial charge >= 0.3 is 6.09 Å². The molecule has 8 nitrogen and oxygen atoms in total. The first-order valence-electron chi connectivity index (χ1n) is 11.5. The number of hydrogen-bond acceptors (Lipinski definition) is 6. The Balaban J connectivity index is 1.14. The Hall–Kier alpha value is -2.48. The lowest BCUT2D eigenvalue weighted by Crippen LogP contribution is -2.60. The van der Waals surface area contributed by atoms with Crippen molar-refractivity contribution in [3.63, 3.8) is 0 Å². The average molecular weight is 428 g/mol. The molecule has 3 saturated heterocycles. The molecule has 4 fully saturated rings. The lowest BCUT2D eigenvalue weighted by molar-refractivity contribution is -0.136. The highest BCUT2D eigenvalue weighted by atomic mass is 16.6. The molecule has 166 valence electrons. The first-order chi connectivity index (χ1) is 15.1. The van der Waals surface area contributed by atoms with E-state index in [0.717, 1.165) is 56.8 Å². The van der Waals surface area contributed by atoms with E-state index >= 15 is 0 Å². The summed E-state index contributed by atoms with van der Waals surface area (Å²) in [5.74, 6) is 2.15. The van der Waals surface area contributed by atoms with Gasteiger partial charge in [-0.25, -0.2) is 4.79 Å². The molecule has 1 aromatic rings. The van der Waals surface area contributed by atoms with Gasteiger partial charge < -0.3 is 19.1 Å². The number of hydrogen-bond donors (Lipinski definition) is 0. The van der Waals surface area contributed by atoms with Crippen LogP contribution >= 0.6 is 0 Å². The molecule has 6 rings (SSSR count). The maximum Gasteiger partial charge on any atom is 0.410 e. The molecule has 0 radical (unpaired) electrons. The number of carbonyl (C=O) groups is 2. The molecule has 0 N–H and O–H groups in total. The Morgan fingerprint density at radius 1 is 1.03 bits per heavy atom. The smallest absolute Gasteiger partial charge is 0.410 e. The fourth-order valence-corrected chi connectivity index (χ4v) is 5.53. The third-order valence-electron chi connectivity index (χ3n) is 7.46. The third-order valence-corrected chi connectivity index (χ3v) is 7.46. The molecule has 31 heavy (non-hydrogen) atoms. The van der Waals surface area contributed by atoms with Crippen LogP contribution in [0.2, 0.25) is 0 Å². The van der Waals surface area contributed by atoms with E-state index in [4.69, 9.17) is 14.2 Å². The molecule has 0 aromatic heterocycles. The van der Waals surface area contributed by atoms with E-state index < -0.39 is 5.60 Å². The van der Waals surface area contributed by atoms with E-state index in [1.165, 1.54) is 5.56 Å². The largest absolute Gasteiger partial charge is 0.486 e. The number of piperidine rings is 1. The minimum absolute atomic E-state index is 0.0455. The summed E-state index contributed by atoms with van der Waals surface area (Å²) in [6.07, 6.45) is 3.33. The normalized spacial score (nSPS) is 27.2. The minimum atomic E-state index is -0.469. The molecule has 4 heterocycles. The second-order valence-corrected chi connectivity index (χ2v) is 9.45. The molecule has 1 saturated carbocycles. The molecule has 0 bridgehead atoms. The molecule has 5 aliphatic rings. The Morgan fingerprint density at radius 3 is 2.58 bits per heavy atom. The summed E-state index contributed by atoms with van der Waals surface area (Å²) in [6, 6.07) is 6.18. The van der Waals surface area contributed by atoms with Crippen molar-refractivity contribution in [2.24, 2.45) is 5.92 Å². The number of ether oxygens (including phenoxy) is 3. The van der Waals surface area contributed by atoms with Gasteiger partial charge in [-0.3, -0.25) is 14.6 Å². The first-order valence-corrected chi connectivity index (χ1v) is 11.5. The van der Waals surface area contributed by atoms with Gasteiger partial charge in [-0.1, -0.05) is 6.07 Å². The van der Waals surface area contributed by atoms with Crippen LogP contribution in [0, 0.1) is 5.92 Å². The van der Waals surface area contributed by atoms with Gasteiger partial charge in [0.15, 0.2) is 11.5 Å². The van der Waals surface area contributed by atoms with Crippen molar-refractivity contribution in [3.8, 4) is 11.5 Å². The summed E-state index contributed by atoms with van der Waals surface area (Å²) in [7, 11) is 0. The summed E-state index contributed by atoms with van der Waals surface area (Å²) >= 11 is 0. The van der Waals surface area contributed by atoms with Crippen molar-refractivity contribution < 1.29 is 23.8 Å². The van der Waals surface area contributed by atoms with Crippen LogP contribution in [0.1, 0.15) is 31.2 Å². The molecular weight excluding hydrogens is 398 g/mol. The molecule has 2 amide bonds. The number of benzene rings is 1. The van der Waals surface area contributed by atoms with Crippen LogP contribution in [-0.4, -0.2) is 84.3 Å². The molecule has 1 spiro atoms. The zero-order chi connectivity index (χ0) is 21.0. The minimum Gasteiger partial charge on any atom is -0.486 e. The van der Waals surface area contributed by atoms with Crippen LogP contribution in [-0.2, 0) is 16.1 Å². The number of rotatable bonds is 3. The van der Waals surface area contributed by atoms with E-state index in [1.807, 2.05) is 15.9 Å². The van der Waals surface area contributed by atoms with Crippen molar-refractivity contribution in [1.82, 2.24) is 14.7 Å². The van der Waals surface area contributed by atoms with Gasteiger partial charge in [-0.2, -0.15) is 0 Å². The Kier molecular flexibility index (Phi) is 4.52. The fourth-order valence-electron chi connectivity index (χ4n) is 5.53. The zero-order valence-corrected chi connectivity index (χ0v) is 17.8. The van der Waals surface area contributed by atoms with Gasteiger partial charge in [0, 0.05) is 58.0 Å². The Morgan fingerprint density at radius 2 is 1.81 bits per heavy atom. The number of carbonyl (C=O) groups excluding carboxylic acids is 2. The van der Waals surface area contributed by atoms with Gasteiger partial charge in [0.1, 0.15) is 18.8 Å². The maximum absolute atomic E-state index is 12.6. The van der Waals surface area contributed by atoms with Gasteiger partial charge in [0.05, 0.1) is 6.04 Å². The van der Waals surface area contributed by atoms with Crippen LogP contribution in [0.5, 0.6) is 11.5 Å². The van der Waals surface area contributed by atoms with E-state index in [0.29, 0.717) is 38.8 Å². The fraction of sp³-hybridized carbons (Fsp3) is 0.652. The van der Waals surface area contributed by atoms with Crippen LogP contribution < -0.4 is 9.47 Å². The Labute approximate surface area is 182 Å². The third kappa shape index (κ3) is 3.41. The number of nitrogens with zero attached hydrogens (tertiary/aromatic N) is 3. The quantitative estimate of drug-likeness (QED) is 0.734. The van der Waals surface area contributed by atoms with Crippen molar-refractivity contribution in [1.29, 1.82) is 0 Å². The maximum atomic E-state index is 12.6. The summed E-state index contributed by atoms with van der Waals surface area (Å²) in [4.78, 5) is 31.4. The summed E-state index contributed by atoms with van der Waals surface area (Å²) in [5.41, 5.74) is 0.713. The standard InChI is InChI=1S/C23H29N3O5/c27-21(17-2-3-17)25-7-5-23(6-8-25)20-15-24(9-10-26(20)22(28)31-23)14-16-1-4-18-19(13-16)30-12-11-29-18/h1,4,13,17,20H,2-3,5-12,14-15H2. The van der Waals surface area contributed by atoms with Crippen molar-refractivity contribution in [2.75, 3.05) is 45.9 Å². The number of likely N-dealkylation sites (tertiary alicyclic amines) is 1. The molecule has 8 heteroatoms. The zero-order valence-electron chi connectivity index (χ0n) is 17.8. The predicted molar refractivity (Wildman–Crippen MR) is 111 cm³/mol. The highest BCUT2D eigenvalue weighted by molar-refractivity contribution is 5.81. The highest BCUT2D eigenvalue weighted by Crippen LogP contribution is 2.42. The van der Waals surface area contributed by atoms with Crippen LogP contribution in [0.4, 0.5) is 4.79 Å². The van der Waals surface area contributed by atoms with Gasteiger partial charge in [-0.15, -0.1) is 0 Å². The number of fused-ring (bicyclic) bond motifs is 3. The predicted octanol–water partition coefficient (Wildman–Crippen LogP) is 1.87. The molecule has 1 atom stereocenters. The van der Waals surface area contributed by atoms with Crippen LogP contribution in [0.25, 0.3) is 0 Å². The van der Waals surface area contributed by atoms with E-state index in [2.05, 4.69) is 17.0 Å². The highest BCUT2D eigenvalue weighted by Gasteiger charge is 2.57. The van der Waals surface area contributed by atoms with E-state index in [1.54, 1.807) is 0 Å². The number of piperazine rings is 1.